The summed E-state index contributed by atoms with van der Waals surface area (Å²) in [4.78, 5) is 24.0. The predicted octanol–water partition coefficient (Wildman–Crippen LogP) is 2.31. The second kappa shape index (κ2) is 5.60. The zero-order valence-corrected chi connectivity index (χ0v) is 14.7. The smallest absolute Gasteiger partial charge is 0.263 e. The van der Waals surface area contributed by atoms with Crippen LogP contribution in [0.1, 0.15) is 57.8 Å². The summed E-state index contributed by atoms with van der Waals surface area (Å²) in [6.07, 6.45) is 9.28. The summed E-state index contributed by atoms with van der Waals surface area (Å²) >= 11 is 0. The quantitative estimate of drug-likeness (QED) is 0.772. The highest BCUT2D eigenvalue weighted by atomic mass is 17.4. The summed E-state index contributed by atoms with van der Waals surface area (Å²) in [6, 6.07) is 0.266. The third-order valence-corrected chi connectivity index (χ3v) is 7.35. The monoisotopic (exact) mass is 363 g/mol. The molecule has 5 aliphatic carbocycles. The van der Waals surface area contributed by atoms with Gasteiger partial charge in [0.05, 0.1) is 0 Å². The number of hydrogen-bond donors (Lipinski definition) is 2. The minimum Gasteiger partial charge on any atom is -0.349 e. The number of nitrogens with one attached hydrogen (secondary N) is 2. The molecule has 4 bridgehead atoms. The molecule has 2 heterocycles. The van der Waals surface area contributed by atoms with Crippen molar-refractivity contribution in [3.8, 4) is 0 Å². The first-order valence-corrected chi connectivity index (χ1v) is 9.97. The lowest BCUT2D eigenvalue weighted by atomic mass is 9.53. The topological polar surface area (TPSA) is 103 Å². The molecule has 142 valence electrons. The van der Waals surface area contributed by atoms with Gasteiger partial charge in [-0.15, -0.1) is 5.10 Å². The Morgan fingerprint density at radius 3 is 2.12 bits per heavy atom. The van der Waals surface area contributed by atoms with Crippen LogP contribution in [-0.4, -0.2) is 38.2 Å². The Morgan fingerprint density at radius 1 is 0.885 bits per heavy atom. The molecule has 0 unspecified atom stereocenters. The summed E-state index contributed by atoms with van der Waals surface area (Å²) in [5.74, 6) is 1.58. The first-order chi connectivity index (χ1) is 12.7. The van der Waals surface area contributed by atoms with Crippen molar-refractivity contribution in [1.82, 2.24) is 20.6 Å². The molecule has 0 amide bonds. The normalized spacial score (nSPS) is 49.8. The highest BCUT2D eigenvalue weighted by molar-refractivity contribution is 5.21. The van der Waals surface area contributed by atoms with Crippen molar-refractivity contribution < 1.29 is 19.6 Å². The molecular formula is C17H25N5O4. The Labute approximate surface area is 151 Å². The van der Waals surface area contributed by atoms with Gasteiger partial charge < -0.3 is 5.32 Å². The zero-order valence-electron chi connectivity index (χ0n) is 14.7. The van der Waals surface area contributed by atoms with Gasteiger partial charge in [0.1, 0.15) is 0 Å². The molecule has 1 saturated heterocycles. The van der Waals surface area contributed by atoms with Crippen LogP contribution in [0.5, 0.6) is 0 Å². The number of H-pyrrole nitrogens is 1. The molecule has 1 aliphatic heterocycles. The molecule has 9 nitrogen and oxygen atoms in total. The molecular weight excluding hydrogens is 338 g/mol. The molecule has 26 heavy (non-hydrogen) atoms. The highest BCUT2D eigenvalue weighted by Gasteiger charge is 2.64. The fourth-order valence-electron chi connectivity index (χ4n) is 6.20. The third kappa shape index (κ3) is 2.33. The molecule has 2 spiro atoms. The van der Waals surface area contributed by atoms with Crippen LogP contribution in [0.3, 0.4) is 0 Å². The second-order valence-electron chi connectivity index (χ2n) is 8.92. The summed E-state index contributed by atoms with van der Waals surface area (Å²) in [7, 11) is 0. The number of aromatic amines is 1. The van der Waals surface area contributed by atoms with E-state index >= 15 is 0 Å². The van der Waals surface area contributed by atoms with Crippen molar-refractivity contribution >= 4 is 5.95 Å². The summed E-state index contributed by atoms with van der Waals surface area (Å²) in [5, 5.41) is 17.2. The maximum absolute atomic E-state index is 6.07. The number of tetrazole rings is 1. The van der Waals surface area contributed by atoms with E-state index in [1.807, 2.05) is 0 Å². The largest absolute Gasteiger partial charge is 0.349 e. The Morgan fingerprint density at radius 2 is 1.54 bits per heavy atom. The minimum atomic E-state index is -0.782. The Hall–Kier alpha value is -1.29. The number of anilines is 1. The highest BCUT2D eigenvalue weighted by Crippen LogP contribution is 2.61. The maximum Gasteiger partial charge on any atom is 0.263 e. The first-order valence-electron chi connectivity index (χ1n) is 9.97. The van der Waals surface area contributed by atoms with Crippen LogP contribution >= 0.6 is 0 Å². The van der Waals surface area contributed by atoms with Gasteiger partial charge in [0, 0.05) is 30.7 Å². The molecule has 1 aromatic rings. The fraction of sp³-hybridized carbons (Fsp3) is 0.941. The Bertz CT molecular complexity index is 620. The van der Waals surface area contributed by atoms with E-state index in [4.69, 9.17) is 19.6 Å². The van der Waals surface area contributed by atoms with Crippen molar-refractivity contribution in [2.24, 2.45) is 23.7 Å². The van der Waals surface area contributed by atoms with Crippen LogP contribution in [0.4, 0.5) is 5.95 Å². The molecule has 6 aliphatic rings. The van der Waals surface area contributed by atoms with Crippen LogP contribution in [0.25, 0.3) is 0 Å². The van der Waals surface area contributed by atoms with Crippen LogP contribution in [0.2, 0.25) is 0 Å². The molecule has 5 saturated carbocycles. The molecule has 7 rings (SSSR count). The molecule has 2 N–H and O–H groups in total. The van der Waals surface area contributed by atoms with Gasteiger partial charge in [-0.05, 0) is 62.0 Å². The lowest BCUT2D eigenvalue weighted by molar-refractivity contribution is -0.680. The average molecular weight is 363 g/mol. The SMILES string of the molecule is C1C2CC3CC1CC(C2)C31OOC2(CCC(Nc3nn[nH]n3)CC2)OO1. The van der Waals surface area contributed by atoms with Gasteiger partial charge in [-0.2, -0.15) is 24.8 Å². The van der Waals surface area contributed by atoms with Gasteiger partial charge in [0.25, 0.3) is 5.95 Å². The number of hydrogen-bond acceptors (Lipinski definition) is 8. The Balaban J connectivity index is 1.10. The van der Waals surface area contributed by atoms with Crippen molar-refractivity contribution in [2.45, 2.75) is 75.4 Å². The van der Waals surface area contributed by atoms with E-state index in [1.54, 1.807) is 0 Å². The van der Waals surface area contributed by atoms with Crippen molar-refractivity contribution in [3.05, 3.63) is 0 Å². The van der Waals surface area contributed by atoms with Gasteiger partial charge in [-0.1, -0.05) is 5.10 Å². The molecule has 0 aromatic carbocycles. The number of aromatic nitrogens is 4. The lowest BCUT2D eigenvalue weighted by Crippen LogP contribution is -2.65. The Kier molecular flexibility index (Phi) is 3.39. The maximum atomic E-state index is 6.07. The molecule has 0 radical (unpaired) electrons. The predicted molar refractivity (Wildman–Crippen MR) is 86.9 cm³/mol. The van der Waals surface area contributed by atoms with Gasteiger partial charge in [-0.25, -0.2) is 0 Å². The lowest BCUT2D eigenvalue weighted by Gasteiger charge is -2.60. The average Bonchev–Trinajstić information content (AvgIpc) is 3.16. The molecule has 9 heteroatoms. The van der Waals surface area contributed by atoms with Gasteiger partial charge >= 0.3 is 0 Å². The summed E-state index contributed by atoms with van der Waals surface area (Å²) in [6.45, 7) is 0. The zero-order chi connectivity index (χ0) is 17.2. The molecule has 1 aromatic heterocycles. The summed E-state index contributed by atoms with van der Waals surface area (Å²) < 4.78 is 0. The van der Waals surface area contributed by atoms with Gasteiger partial charge in [-0.3, -0.25) is 0 Å². The number of rotatable bonds is 2. The molecule has 0 atom stereocenters. The third-order valence-electron chi connectivity index (χ3n) is 7.35. The van der Waals surface area contributed by atoms with Crippen molar-refractivity contribution in [3.63, 3.8) is 0 Å². The van der Waals surface area contributed by atoms with Crippen LogP contribution in [-0.2, 0) is 19.6 Å². The van der Waals surface area contributed by atoms with Crippen LogP contribution in [0.15, 0.2) is 0 Å². The van der Waals surface area contributed by atoms with Gasteiger partial charge in [0.15, 0.2) is 0 Å². The van der Waals surface area contributed by atoms with E-state index in [0.717, 1.165) is 24.7 Å². The summed E-state index contributed by atoms with van der Waals surface area (Å²) in [5.41, 5.74) is 0. The molecule has 6 fully saturated rings. The van der Waals surface area contributed by atoms with E-state index in [2.05, 4.69) is 25.9 Å². The fourth-order valence-corrected chi connectivity index (χ4v) is 6.20. The number of nitrogens with zero attached hydrogens (tertiary/aromatic N) is 3. The van der Waals surface area contributed by atoms with E-state index in [-0.39, 0.29) is 6.04 Å². The van der Waals surface area contributed by atoms with Crippen LogP contribution in [0, 0.1) is 23.7 Å². The first kappa shape index (κ1) is 15.7. The van der Waals surface area contributed by atoms with Crippen molar-refractivity contribution in [1.29, 1.82) is 0 Å². The van der Waals surface area contributed by atoms with E-state index in [1.165, 1.54) is 32.1 Å². The second-order valence-corrected chi connectivity index (χ2v) is 8.92. The minimum absolute atomic E-state index is 0.266. The van der Waals surface area contributed by atoms with Gasteiger partial charge in [0.2, 0.25) is 11.6 Å². The standard InChI is InChI=1S/C17H25N5O4/c1-3-16(4-2-14(1)18-15-19-21-22-20-15)23-25-17(26-24-16)12-6-10-5-11(8-12)9-13(17)7-10/h10-14H,1-9H2,(H2,18,19,20,21,22). The van der Waals surface area contributed by atoms with Crippen LogP contribution < -0.4 is 5.32 Å². The van der Waals surface area contributed by atoms with E-state index in [9.17, 15) is 0 Å². The van der Waals surface area contributed by atoms with E-state index in [0.29, 0.717) is 30.6 Å². The van der Waals surface area contributed by atoms with Crippen molar-refractivity contribution in [2.75, 3.05) is 5.32 Å². The van der Waals surface area contributed by atoms with E-state index < -0.39 is 11.6 Å².